The van der Waals surface area contributed by atoms with Gasteiger partial charge in [-0.25, -0.2) is 0 Å². The summed E-state index contributed by atoms with van der Waals surface area (Å²) in [6, 6.07) is 19.7. The molecule has 2 rings (SSSR count). The monoisotopic (exact) mass is 252 g/mol. The molecular weight excluding hydrogens is 236 g/mol. The quantitative estimate of drug-likeness (QED) is 0.821. The van der Waals surface area contributed by atoms with E-state index >= 15 is 0 Å². The molecule has 0 aromatic heterocycles. The Morgan fingerprint density at radius 1 is 0.947 bits per heavy atom. The molecule has 0 aliphatic heterocycles. The SMILES string of the molecule is C=C(CC(=O)O)C(c1ccccc1)c1ccccc1. The zero-order valence-corrected chi connectivity index (χ0v) is 10.6. The molecule has 1 N–H and O–H groups in total. The fraction of sp³-hybridized carbons (Fsp3) is 0.118. The third kappa shape index (κ3) is 3.32. The van der Waals surface area contributed by atoms with Crippen LogP contribution in [0.3, 0.4) is 0 Å². The molecule has 96 valence electrons. The second-order valence-electron chi connectivity index (χ2n) is 4.48. The van der Waals surface area contributed by atoms with Gasteiger partial charge in [0.15, 0.2) is 0 Å². The van der Waals surface area contributed by atoms with Crippen molar-refractivity contribution in [2.75, 3.05) is 0 Å². The van der Waals surface area contributed by atoms with Crippen LogP contribution in [-0.2, 0) is 4.79 Å². The topological polar surface area (TPSA) is 37.3 Å². The van der Waals surface area contributed by atoms with Crippen LogP contribution in [-0.4, -0.2) is 11.1 Å². The first-order valence-electron chi connectivity index (χ1n) is 6.18. The molecule has 0 unspecified atom stereocenters. The zero-order valence-electron chi connectivity index (χ0n) is 10.6. The molecule has 0 amide bonds. The van der Waals surface area contributed by atoms with Gasteiger partial charge in [0.05, 0.1) is 6.42 Å². The maximum absolute atomic E-state index is 10.9. The van der Waals surface area contributed by atoms with Gasteiger partial charge in [-0.1, -0.05) is 72.8 Å². The molecule has 2 aromatic carbocycles. The molecule has 0 aliphatic carbocycles. The second-order valence-corrected chi connectivity index (χ2v) is 4.48. The lowest BCUT2D eigenvalue weighted by atomic mass is 9.84. The number of rotatable bonds is 5. The molecule has 0 spiro atoms. The van der Waals surface area contributed by atoms with E-state index in [2.05, 4.69) is 6.58 Å². The lowest BCUT2D eigenvalue weighted by molar-refractivity contribution is -0.136. The summed E-state index contributed by atoms with van der Waals surface area (Å²) in [5.41, 5.74) is 2.84. The molecule has 0 bridgehead atoms. The zero-order chi connectivity index (χ0) is 13.7. The van der Waals surface area contributed by atoms with Crippen LogP contribution in [0, 0.1) is 0 Å². The Kier molecular flexibility index (Phi) is 4.14. The van der Waals surface area contributed by atoms with Crippen LogP contribution in [0.4, 0.5) is 0 Å². The number of aliphatic carboxylic acids is 1. The smallest absolute Gasteiger partial charge is 0.307 e. The van der Waals surface area contributed by atoms with Crippen molar-refractivity contribution in [1.82, 2.24) is 0 Å². The van der Waals surface area contributed by atoms with Crippen molar-refractivity contribution in [2.45, 2.75) is 12.3 Å². The van der Waals surface area contributed by atoms with Gasteiger partial charge in [0, 0.05) is 5.92 Å². The predicted octanol–water partition coefficient (Wildman–Crippen LogP) is 3.85. The van der Waals surface area contributed by atoms with Crippen molar-refractivity contribution >= 4 is 5.97 Å². The minimum atomic E-state index is -0.845. The Morgan fingerprint density at radius 3 is 1.74 bits per heavy atom. The van der Waals surface area contributed by atoms with Gasteiger partial charge in [-0.15, -0.1) is 0 Å². The fourth-order valence-corrected chi connectivity index (χ4v) is 2.25. The van der Waals surface area contributed by atoms with Gasteiger partial charge in [0.1, 0.15) is 0 Å². The number of carboxylic acids is 1. The van der Waals surface area contributed by atoms with Crippen molar-refractivity contribution in [3.05, 3.63) is 83.9 Å². The van der Waals surface area contributed by atoms with E-state index in [9.17, 15) is 4.79 Å². The Morgan fingerprint density at radius 2 is 1.37 bits per heavy atom. The highest BCUT2D eigenvalue weighted by molar-refractivity contribution is 5.71. The molecule has 2 aromatic rings. The van der Waals surface area contributed by atoms with Crippen LogP contribution in [0.1, 0.15) is 23.5 Å². The highest BCUT2D eigenvalue weighted by Gasteiger charge is 2.18. The highest BCUT2D eigenvalue weighted by atomic mass is 16.4. The number of carbonyl (C=O) groups is 1. The molecule has 0 fully saturated rings. The summed E-state index contributed by atoms with van der Waals surface area (Å²) in [5, 5.41) is 8.97. The predicted molar refractivity (Wildman–Crippen MR) is 76.1 cm³/mol. The van der Waals surface area contributed by atoms with Gasteiger partial charge >= 0.3 is 5.97 Å². The van der Waals surface area contributed by atoms with Crippen molar-refractivity contribution in [3.63, 3.8) is 0 Å². The van der Waals surface area contributed by atoms with Gasteiger partial charge in [-0.05, 0) is 11.1 Å². The molecule has 0 saturated heterocycles. The Labute approximate surface area is 113 Å². The summed E-state index contributed by atoms with van der Waals surface area (Å²) in [4.78, 5) is 10.9. The van der Waals surface area contributed by atoms with Crippen molar-refractivity contribution in [3.8, 4) is 0 Å². The average molecular weight is 252 g/mol. The minimum absolute atomic E-state index is 0.0194. The van der Waals surface area contributed by atoms with E-state index in [0.717, 1.165) is 11.1 Å². The van der Waals surface area contributed by atoms with E-state index in [4.69, 9.17) is 5.11 Å². The van der Waals surface area contributed by atoms with E-state index in [1.54, 1.807) is 0 Å². The van der Waals surface area contributed by atoms with E-state index in [1.165, 1.54) is 0 Å². The summed E-state index contributed by atoms with van der Waals surface area (Å²) in [7, 11) is 0. The Balaban J connectivity index is 2.40. The molecule has 0 aliphatic rings. The first-order valence-corrected chi connectivity index (χ1v) is 6.18. The summed E-state index contributed by atoms with van der Waals surface area (Å²) in [6.45, 7) is 3.97. The number of hydrogen-bond donors (Lipinski definition) is 1. The van der Waals surface area contributed by atoms with Crippen LogP contribution < -0.4 is 0 Å². The van der Waals surface area contributed by atoms with Crippen LogP contribution in [0.15, 0.2) is 72.8 Å². The summed E-state index contributed by atoms with van der Waals surface area (Å²) >= 11 is 0. The van der Waals surface area contributed by atoms with E-state index in [-0.39, 0.29) is 12.3 Å². The largest absolute Gasteiger partial charge is 0.481 e. The molecule has 0 radical (unpaired) electrons. The van der Waals surface area contributed by atoms with E-state index < -0.39 is 5.97 Å². The molecule has 2 nitrogen and oxygen atoms in total. The van der Waals surface area contributed by atoms with Crippen molar-refractivity contribution < 1.29 is 9.90 Å². The Bertz CT molecular complexity index is 519. The van der Waals surface area contributed by atoms with Gasteiger partial charge in [-0.3, -0.25) is 4.79 Å². The van der Waals surface area contributed by atoms with Gasteiger partial charge in [-0.2, -0.15) is 0 Å². The van der Waals surface area contributed by atoms with Gasteiger partial charge in [0.2, 0.25) is 0 Å². The fourth-order valence-electron chi connectivity index (χ4n) is 2.25. The third-order valence-electron chi connectivity index (χ3n) is 3.05. The van der Waals surface area contributed by atoms with Crippen molar-refractivity contribution in [2.24, 2.45) is 0 Å². The van der Waals surface area contributed by atoms with E-state index in [0.29, 0.717) is 5.57 Å². The molecule has 0 saturated carbocycles. The maximum atomic E-state index is 10.9. The van der Waals surface area contributed by atoms with Crippen LogP contribution >= 0.6 is 0 Å². The number of carboxylic acid groups (broad SMARTS) is 1. The first kappa shape index (κ1) is 13.1. The molecule has 2 heteroatoms. The van der Waals surface area contributed by atoms with Gasteiger partial charge in [0.25, 0.3) is 0 Å². The third-order valence-corrected chi connectivity index (χ3v) is 3.05. The van der Waals surface area contributed by atoms with Crippen LogP contribution in [0.2, 0.25) is 0 Å². The van der Waals surface area contributed by atoms with Crippen LogP contribution in [0.25, 0.3) is 0 Å². The highest BCUT2D eigenvalue weighted by Crippen LogP contribution is 2.32. The Hall–Kier alpha value is -2.35. The van der Waals surface area contributed by atoms with Crippen LogP contribution in [0.5, 0.6) is 0 Å². The maximum Gasteiger partial charge on any atom is 0.307 e. The summed E-state index contributed by atoms with van der Waals surface area (Å²) in [5.74, 6) is -0.916. The number of benzene rings is 2. The molecule has 0 heterocycles. The molecular formula is C17H16O2. The first-order chi connectivity index (χ1) is 9.18. The summed E-state index contributed by atoms with van der Waals surface area (Å²) in [6.07, 6.45) is -0.0194. The molecule has 19 heavy (non-hydrogen) atoms. The normalized spacial score (nSPS) is 10.4. The standard InChI is InChI=1S/C17H16O2/c1-13(12-16(18)19)17(14-8-4-2-5-9-14)15-10-6-3-7-11-15/h2-11,17H,1,12H2,(H,18,19). The lowest BCUT2D eigenvalue weighted by Gasteiger charge is -2.19. The van der Waals surface area contributed by atoms with E-state index in [1.807, 2.05) is 60.7 Å². The molecule has 0 atom stereocenters. The lowest BCUT2D eigenvalue weighted by Crippen LogP contribution is -2.08. The average Bonchev–Trinajstić information content (AvgIpc) is 2.40. The van der Waals surface area contributed by atoms with Gasteiger partial charge < -0.3 is 5.11 Å². The number of hydrogen-bond acceptors (Lipinski definition) is 1. The summed E-state index contributed by atoms with van der Waals surface area (Å²) < 4.78 is 0. The van der Waals surface area contributed by atoms with Crippen molar-refractivity contribution in [1.29, 1.82) is 0 Å². The second kappa shape index (κ2) is 6.01. The minimum Gasteiger partial charge on any atom is -0.481 e.